The Morgan fingerprint density at radius 2 is 1.13 bits per heavy atom. The SMILES string of the molecule is COc1ccc(CO[C@H]2[C@H](O[Si](C(C)C)(C(C)C)C(C)C)[C@@H](C)[C@H]([C@H](O[C@@H](C)c3ccc(OC)cc3)C(C)=O)O[C@@H]2CO[Si](C(C)C)(C(C)C)C(C)C)cc1. The summed E-state index contributed by atoms with van der Waals surface area (Å²) in [6.07, 6.45) is -3.14. The summed E-state index contributed by atoms with van der Waals surface area (Å²) in [6, 6.07) is 15.8. The molecule has 1 aliphatic rings. The van der Waals surface area contributed by atoms with Gasteiger partial charge in [-0.2, -0.15) is 0 Å². The molecule has 0 bridgehead atoms. The molecule has 1 fully saturated rings. The van der Waals surface area contributed by atoms with Gasteiger partial charge in [0.25, 0.3) is 0 Å². The molecule has 3 rings (SSSR count). The molecule has 7 atom stereocenters. The van der Waals surface area contributed by atoms with Gasteiger partial charge in [0.2, 0.25) is 8.32 Å². The van der Waals surface area contributed by atoms with E-state index in [0.29, 0.717) is 46.5 Å². The summed E-state index contributed by atoms with van der Waals surface area (Å²) < 4.78 is 47.0. The Bertz CT molecular complexity index is 1400. The Balaban J connectivity index is 2.21. The lowest BCUT2D eigenvalue weighted by atomic mass is 9.84. The standard InChI is InChI=1S/C45H76O8Si2/c1-28(2)54(29(3)4,30(5)6)50-27-41-45(49-26-37-18-22-39(47-16)23-19-37)43(53-55(31(7)8,32(9)10)33(11)12)34(13)42(52-41)44(35(14)46)51-36(15)38-20-24-40(48-17)25-21-38/h18-25,28-34,36,41-45H,26-27H2,1-17H3/t34-,36-,41+,42+,43+,44+,45+/m0/s1. The molecular weight excluding hydrogens is 725 g/mol. The van der Waals surface area contributed by atoms with Gasteiger partial charge in [0.05, 0.1) is 45.7 Å². The van der Waals surface area contributed by atoms with Gasteiger partial charge >= 0.3 is 0 Å². The van der Waals surface area contributed by atoms with Crippen LogP contribution in [0.3, 0.4) is 0 Å². The van der Waals surface area contributed by atoms with Gasteiger partial charge in [-0.05, 0) is 82.5 Å². The summed E-state index contributed by atoms with van der Waals surface area (Å²) in [4.78, 5) is 13.8. The van der Waals surface area contributed by atoms with Gasteiger partial charge in [-0.15, -0.1) is 0 Å². The van der Waals surface area contributed by atoms with Crippen LogP contribution in [-0.2, 0) is 34.5 Å². The van der Waals surface area contributed by atoms with Crippen molar-refractivity contribution in [2.24, 2.45) is 5.92 Å². The van der Waals surface area contributed by atoms with E-state index in [9.17, 15) is 4.79 Å². The number of methoxy groups -OCH3 is 2. The number of ketones is 1. The van der Waals surface area contributed by atoms with E-state index in [1.807, 2.05) is 55.5 Å². The fraction of sp³-hybridized carbons (Fsp3) is 0.711. The minimum Gasteiger partial charge on any atom is -0.497 e. The molecule has 0 N–H and O–H groups in total. The second-order valence-electron chi connectivity index (χ2n) is 17.7. The van der Waals surface area contributed by atoms with Crippen LogP contribution in [-0.4, -0.2) is 73.8 Å². The van der Waals surface area contributed by atoms with Crippen molar-refractivity contribution in [2.75, 3.05) is 20.8 Å². The average molecular weight is 801 g/mol. The first kappa shape index (κ1) is 47.3. The number of ether oxygens (including phenoxy) is 5. The van der Waals surface area contributed by atoms with E-state index in [2.05, 4.69) is 90.0 Å². The molecule has 55 heavy (non-hydrogen) atoms. The van der Waals surface area contributed by atoms with Crippen LogP contribution < -0.4 is 9.47 Å². The Hall–Kier alpha value is -2.06. The molecule has 1 aliphatic heterocycles. The Kier molecular flexibility index (Phi) is 17.7. The third-order valence-corrected chi connectivity index (χ3v) is 24.7. The lowest BCUT2D eigenvalue weighted by Gasteiger charge is -2.53. The van der Waals surface area contributed by atoms with Crippen LogP contribution in [0, 0.1) is 5.92 Å². The Morgan fingerprint density at radius 1 is 0.673 bits per heavy atom. The molecule has 0 radical (unpaired) electrons. The van der Waals surface area contributed by atoms with Crippen LogP contribution in [0.25, 0.3) is 0 Å². The maximum absolute atomic E-state index is 13.8. The molecule has 2 aromatic rings. The maximum Gasteiger partial charge on any atom is 0.200 e. The van der Waals surface area contributed by atoms with Crippen LogP contribution in [0.15, 0.2) is 48.5 Å². The van der Waals surface area contributed by atoms with Crippen molar-refractivity contribution in [3.63, 3.8) is 0 Å². The van der Waals surface area contributed by atoms with E-state index in [0.717, 1.165) is 22.6 Å². The molecule has 0 spiro atoms. The first-order valence-corrected chi connectivity index (χ1v) is 25.1. The summed E-state index contributed by atoms with van der Waals surface area (Å²) in [5, 5.41) is 0. The van der Waals surface area contributed by atoms with Crippen LogP contribution in [0.2, 0.25) is 33.2 Å². The van der Waals surface area contributed by atoms with Crippen molar-refractivity contribution in [3.05, 3.63) is 59.7 Å². The number of carbonyl (C=O) groups is 1. The van der Waals surface area contributed by atoms with E-state index in [1.54, 1.807) is 21.1 Å². The van der Waals surface area contributed by atoms with Crippen molar-refractivity contribution >= 4 is 22.4 Å². The van der Waals surface area contributed by atoms with Gasteiger partial charge in [0.1, 0.15) is 29.8 Å². The topological polar surface area (TPSA) is 81.7 Å². The lowest BCUT2D eigenvalue weighted by Crippen LogP contribution is -2.65. The third-order valence-electron chi connectivity index (χ3n) is 12.5. The van der Waals surface area contributed by atoms with E-state index >= 15 is 0 Å². The van der Waals surface area contributed by atoms with Crippen molar-refractivity contribution in [2.45, 2.75) is 180 Å². The van der Waals surface area contributed by atoms with Gasteiger partial charge < -0.3 is 32.5 Å². The number of benzene rings is 2. The second-order valence-corrected chi connectivity index (χ2v) is 28.6. The smallest absolute Gasteiger partial charge is 0.200 e. The fourth-order valence-electron chi connectivity index (χ4n) is 9.82. The summed E-state index contributed by atoms with van der Waals surface area (Å²) in [5.74, 6) is 1.25. The van der Waals surface area contributed by atoms with Crippen molar-refractivity contribution < 1.29 is 37.3 Å². The normalized spacial score (nSPS) is 22.3. The van der Waals surface area contributed by atoms with Crippen LogP contribution in [0.5, 0.6) is 11.5 Å². The summed E-state index contributed by atoms with van der Waals surface area (Å²) in [6.45, 7) is 34.2. The van der Waals surface area contributed by atoms with E-state index < -0.39 is 41.1 Å². The summed E-state index contributed by atoms with van der Waals surface area (Å²) in [7, 11) is -1.46. The first-order chi connectivity index (χ1) is 25.8. The minimum absolute atomic E-state index is 0.0800. The number of hydrogen-bond acceptors (Lipinski definition) is 8. The van der Waals surface area contributed by atoms with Gasteiger partial charge in [-0.25, -0.2) is 0 Å². The van der Waals surface area contributed by atoms with Crippen molar-refractivity contribution in [3.8, 4) is 11.5 Å². The molecule has 8 nitrogen and oxygen atoms in total. The third kappa shape index (κ3) is 10.7. The van der Waals surface area contributed by atoms with Gasteiger partial charge in [-0.1, -0.05) is 114 Å². The summed E-state index contributed by atoms with van der Waals surface area (Å²) in [5.41, 5.74) is 4.18. The highest BCUT2D eigenvalue weighted by molar-refractivity contribution is 6.78. The molecule has 2 aromatic carbocycles. The number of carbonyl (C=O) groups excluding carboxylic acids is 1. The quantitative estimate of drug-likeness (QED) is 0.115. The van der Waals surface area contributed by atoms with Gasteiger partial charge in [0.15, 0.2) is 14.1 Å². The predicted octanol–water partition coefficient (Wildman–Crippen LogP) is 11.5. The Morgan fingerprint density at radius 3 is 1.55 bits per heavy atom. The largest absolute Gasteiger partial charge is 0.497 e. The van der Waals surface area contributed by atoms with Gasteiger partial charge in [0, 0.05) is 5.92 Å². The highest BCUT2D eigenvalue weighted by Gasteiger charge is 2.56. The molecular formula is C45H76O8Si2. The molecule has 0 aromatic heterocycles. The van der Waals surface area contributed by atoms with Crippen LogP contribution in [0.4, 0.5) is 0 Å². The van der Waals surface area contributed by atoms with Crippen molar-refractivity contribution in [1.29, 1.82) is 0 Å². The fourth-order valence-corrected chi connectivity index (χ4v) is 20.9. The number of hydrogen-bond donors (Lipinski definition) is 0. The molecule has 0 aliphatic carbocycles. The zero-order valence-corrected chi connectivity index (χ0v) is 39.3. The van der Waals surface area contributed by atoms with Crippen LogP contribution >= 0.6 is 0 Å². The van der Waals surface area contributed by atoms with E-state index in [4.69, 9.17) is 32.5 Å². The molecule has 0 saturated carbocycles. The zero-order chi connectivity index (χ0) is 41.4. The first-order valence-electron chi connectivity index (χ1n) is 20.8. The molecule has 1 saturated heterocycles. The van der Waals surface area contributed by atoms with Crippen LogP contribution in [0.1, 0.15) is 121 Å². The number of rotatable bonds is 21. The highest BCUT2D eigenvalue weighted by Crippen LogP contribution is 2.48. The van der Waals surface area contributed by atoms with Crippen molar-refractivity contribution in [1.82, 2.24) is 0 Å². The molecule has 0 unspecified atom stereocenters. The molecule has 312 valence electrons. The second kappa shape index (κ2) is 20.6. The predicted molar refractivity (Wildman–Crippen MR) is 229 cm³/mol. The highest BCUT2D eigenvalue weighted by atomic mass is 28.4. The van der Waals surface area contributed by atoms with E-state index in [1.165, 1.54) is 0 Å². The average Bonchev–Trinajstić information content (AvgIpc) is 3.12. The monoisotopic (exact) mass is 801 g/mol. The van der Waals surface area contributed by atoms with Gasteiger partial charge in [-0.3, -0.25) is 4.79 Å². The molecule has 0 amide bonds. The molecule has 10 heteroatoms. The summed E-state index contributed by atoms with van der Waals surface area (Å²) >= 11 is 0. The minimum atomic E-state index is -2.47. The maximum atomic E-state index is 13.8. The molecule has 1 heterocycles. The lowest BCUT2D eigenvalue weighted by molar-refractivity contribution is -0.244. The Labute approximate surface area is 336 Å². The number of Topliss-reactive ketones (excluding diaryl/α,β-unsaturated/α-hetero) is 1. The zero-order valence-electron chi connectivity index (χ0n) is 37.3. The van der Waals surface area contributed by atoms with E-state index in [-0.39, 0.29) is 23.9 Å².